The lowest BCUT2D eigenvalue weighted by atomic mass is 10.0. The maximum absolute atomic E-state index is 8.68. The first-order valence-electron chi connectivity index (χ1n) is 6.38. The Morgan fingerprint density at radius 2 is 2.00 bits per heavy atom. The first-order chi connectivity index (χ1) is 9.17. The van der Waals surface area contributed by atoms with Gasteiger partial charge in [-0.25, -0.2) is 0 Å². The number of nitrogen functional groups attached to an aromatic ring is 1. The van der Waals surface area contributed by atoms with Crippen LogP contribution in [0.15, 0.2) is 53.8 Å². The Bertz CT molecular complexity index is 470. The third-order valence-corrected chi connectivity index (χ3v) is 2.72. The second-order valence-electron chi connectivity index (χ2n) is 4.25. The minimum Gasteiger partial charge on any atom is -0.399 e. The molecule has 1 aromatic rings. The van der Waals surface area contributed by atoms with Crippen LogP contribution in [-0.4, -0.2) is 18.3 Å². The zero-order valence-electron chi connectivity index (χ0n) is 11.6. The Labute approximate surface area is 115 Å². The van der Waals surface area contributed by atoms with Crippen LogP contribution in [-0.2, 0) is 0 Å². The van der Waals surface area contributed by atoms with Crippen molar-refractivity contribution in [1.29, 1.82) is 0 Å². The van der Waals surface area contributed by atoms with E-state index in [1.54, 1.807) is 0 Å². The third kappa shape index (κ3) is 5.44. The molecule has 0 aliphatic heterocycles. The van der Waals surface area contributed by atoms with Crippen LogP contribution < -0.4 is 11.1 Å². The number of aliphatic hydroxyl groups is 1. The number of benzene rings is 1. The van der Waals surface area contributed by atoms with Gasteiger partial charge in [-0.05, 0) is 55.0 Å². The van der Waals surface area contributed by atoms with Gasteiger partial charge in [0.15, 0.2) is 0 Å². The van der Waals surface area contributed by atoms with Crippen LogP contribution in [0, 0.1) is 0 Å². The van der Waals surface area contributed by atoms with Crippen molar-refractivity contribution in [1.82, 2.24) is 5.32 Å². The van der Waals surface area contributed by atoms with Crippen LogP contribution >= 0.6 is 0 Å². The normalized spacial score (nSPS) is 13.0. The van der Waals surface area contributed by atoms with Gasteiger partial charge in [-0.1, -0.05) is 24.3 Å². The third-order valence-electron chi connectivity index (χ3n) is 2.72. The molecular weight excluding hydrogens is 236 g/mol. The second-order valence-corrected chi connectivity index (χ2v) is 4.25. The van der Waals surface area contributed by atoms with E-state index in [1.807, 2.05) is 43.5 Å². The molecule has 4 N–H and O–H groups in total. The van der Waals surface area contributed by atoms with Gasteiger partial charge in [-0.2, -0.15) is 0 Å². The SMILES string of the molecule is C/C=C(\C=C/NCCO)C(/C)=C/c1ccc(N)cc1. The van der Waals surface area contributed by atoms with Gasteiger partial charge in [0.2, 0.25) is 0 Å². The molecule has 0 bridgehead atoms. The van der Waals surface area contributed by atoms with Crippen molar-refractivity contribution in [3.05, 3.63) is 59.3 Å². The van der Waals surface area contributed by atoms with E-state index in [4.69, 9.17) is 10.8 Å². The summed E-state index contributed by atoms with van der Waals surface area (Å²) in [6.45, 7) is 4.78. The van der Waals surface area contributed by atoms with Crippen LogP contribution in [0.25, 0.3) is 6.08 Å². The topological polar surface area (TPSA) is 58.3 Å². The van der Waals surface area contributed by atoms with E-state index in [9.17, 15) is 0 Å². The molecule has 0 saturated carbocycles. The second kappa shape index (κ2) is 8.16. The van der Waals surface area contributed by atoms with Crippen molar-refractivity contribution in [2.75, 3.05) is 18.9 Å². The lowest BCUT2D eigenvalue weighted by Gasteiger charge is -2.04. The molecule has 1 rings (SSSR count). The molecule has 1 aromatic carbocycles. The number of nitrogens with one attached hydrogen (secondary N) is 1. The minimum atomic E-state index is 0.135. The van der Waals surface area contributed by atoms with E-state index in [-0.39, 0.29) is 6.61 Å². The summed E-state index contributed by atoms with van der Waals surface area (Å²) in [6, 6.07) is 7.79. The molecule has 0 saturated heterocycles. The fourth-order valence-corrected chi connectivity index (χ4v) is 1.68. The van der Waals surface area contributed by atoms with Crippen molar-refractivity contribution in [3.8, 4) is 0 Å². The molecule has 0 spiro atoms. The predicted octanol–water partition coefficient (Wildman–Crippen LogP) is 2.71. The molecule has 0 amide bonds. The van der Waals surface area contributed by atoms with Gasteiger partial charge in [0, 0.05) is 12.2 Å². The average Bonchev–Trinajstić information content (AvgIpc) is 2.41. The van der Waals surface area contributed by atoms with Crippen LogP contribution in [0.1, 0.15) is 19.4 Å². The summed E-state index contributed by atoms with van der Waals surface area (Å²) in [5.74, 6) is 0. The summed E-state index contributed by atoms with van der Waals surface area (Å²) in [6.07, 6.45) is 8.02. The number of hydrogen-bond donors (Lipinski definition) is 3. The van der Waals surface area contributed by atoms with E-state index in [2.05, 4.69) is 24.4 Å². The summed E-state index contributed by atoms with van der Waals surface area (Å²) >= 11 is 0. The van der Waals surface area contributed by atoms with Crippen LogP contribution in [0.4, 0.5) is 5.69 Å². The van der Waals surface area contributed by atoms with Gasteiger partial charge in [0.05, 0.1) is 6.61 Å². The number of aliphatic hydroxyl groups excluding tert-OH is 1. The van der Waals surface area contributed by atoms with Gasteiger partial charge in [-0.15, -0.1) is 0 Å². The standard InChI is InChI=1S/C16H22N2O/c1-3-15(8-9-18-10-11-19)13(2)12-14-4-6-16(17)7-5-14/h3-9,12,18-19H,10-11,17H2,1-2H3/b9-8-,13-12+,15-3+. The van der Waals surface area contributed by atoms with E-state index >= 15 is 0 Å². The molecule has 0 atom stereocenters. The Hall–Kier alpha value is -2.00. The van der Waals surface area contributed by atoms with Crippen LogP contribution in [0.2, 0.25) is 0 Å². The molecule has 3 heteroatoms. The van der Waals surface area contributed by atoms with E-state index in [0.29, 0.717) is 6.54 Å². The number of rotatable bonds is 6. The first-order valence-corrected chi connectivity index (χ1v) is 6.38. The number of nitrogens with two attached hydrogens (primary N) is 1. The monoisotopic (exact) mass is 258 g/mol. The molecule has 0 aliphatic rings. The summed E-state index contributed by atoms with van der Waals surface area (Å²) < 4.78 is 0. The molecule has 3 nitrogen and oxygen atoms in total. The van der Waals surface area contributed by atoms with Gasteiger partial charge < -0.3 is 16.2 Å². The fourth-order valence-electron chi connectivity index (χ4n) is 1.68. The summed E-state index contributed by atoms with van der Waals surface area (Å²) in [5, 5.41) is 11.7. The average molecular weight is 258 g/mol. The quantitative estimate of drug-likeness (QED) is 0.418. The fraction of sp³-hybridized carbons (Fsp3) is 0.250. The van der Waals surface area contributed by atoms with Crippen LogP contribution in [0.5, 0.6) is 0 Å². The first kappa shape index (κ1) is 15.1. The zero-order chi connectivity index (χ0) is 14.1. The van der Waals surface area contributed by atoms with Gasteiger partial charge in [0.1, 0.15) is 0 Å². The lowest BCUT2D eigenvalue weighted by Crippen LogP contribution is -2.10. The summed E-state index contributed by atoms with van der Waals surface area (Å²) in [7, 11) is 0. The Morgan fingerprint density at radius 3 is 2.58 bits per heavy atom. The van der Waals surface area contributed by atoms with Gasteiger partial charge in [-0.3, -0.25) is 0 Å². The number of hydrogen-bond acceptors (Lipinski definition) is 3. The van der Waals surface area contributed by atoms with Crippen LogP contribution in [0.3, 0.4) is 0 Å². The Morgan fingerprint density at radius 1 is 1.32 bits per heavy atom. The number of anilines is 1. The molecule has 0 aromatic heterocycles. The lowest BCUT2D eigenvalue weighted by molar-refractivity contribution is 0.298. The van der Waals surface area contributed by atoms with E-state index < -0.39 is 0 Å². The molecule has 0 heterocycles. The van der Waals surface area contributed by atoms with E-state index in [0.717, 1.165) is 16.8 Å². The van der Waals surface area contributed by atoms with Crippen molar-refractivity contribution >= 4 is 11.8 Å². The predicted molar refractivity (Wildman–Crippen MR) is 82.5 cm³/mol. The number of allylic oxidation sites excluding steroid dienone is 4. The molecule has 0 fully saturated rings. The largest absolute Gasteiger partial charge is 0.399 e. The zero-order valence-corrected chi connectivity index (χ0v) is 11.6. The smallest absolute Gasteiger partial charge is 0.0603 e. The molecule has 19 heavy (non-hydrogen) atoms. The van der Waals surface area contributed by atoms with Crippen molar-refractivity contribution in [3.63, 3.8) is 0 Å². The van der Waals surface area contributed by atoms with Gasteiger partial charge >= 0.3 is 0 Å². The van der Waals surface area contributed by atoms with Crippen molar-refractivity contribution in [2.45, 2.75) is 13.8 Å². The highest BCUT2D eigenvalue weighted by Crippen LogP contribution is 2.16. The van der Waals surface area contributed by atoms with Crippen molar-refractivity contribution < 1.29 is 5.11 Å². The highest BCUT2D eigenvalue weighted by Gasteiger charge is 1.96. The maximum Gasteiger partial charge on any atom is 0.0603 e. The van der Waals surface area contributed by atoms with E-state index in [1.165, 1.54) is 5.57 Å². The molecule has 0 radical (unpaired) electrons. The van der Waals surface area contributed by atoms with Gasteiger partial charge in [0.25, 0.3) is 0 Å². The highest BCUT2D eigenvalue weighted by molar-refractivity contribution is 5.61. The molecule has 0 aliphatic carbocycles. The Kier molecular flexibility index (Phi) is 6.47. The molecular formula is C16H22N2O. The summed E-state index contributed by atoms with van der Waals surface area (Å²) in [5.41, 5.74) is 9.88. The molecule has 102 valence electrons. The summed E-state index contributed by atoms with van der Waals surface area (Å²) in [4.78, 5) is 0. The highest BCUT2D eigenvalue weighted by atomic mass is 16.3. The Balaban J connectivity index is 2.75. The van der Waals surface area contributed by atoms with Crippen molar-refractivity contribution in [2.24, 2.45) is 0 Å². The molecule has 0 unspecified atom stereocenters. The maximum atomic E-state index is 8.68. The minimum absolute atomic E-state index is 0.135.